The van der Waals surface area contributed by atoms with E-state index in [0.717, 1.165) is 31.2 Å². The second kappa shape index (κ2) is 3.29. The number of rotatable bonds is 4. The summed E-state index contributed by atoms with van der Waals surface area (Å²) in [6.07, 6.45) is 5.94. The van der Waals surface area contributed by atoms with Crippen molar-refractivity contribution >= 4 is 10.1 Å². The van der Waals surface area contributed by atoms with Crippen molar-refractivity contribution < 1.29 is 12.6 Å². The molecule has 1 aromatic rings. The molecule has 0 radical (unpaired) electrons. The van der Waals surface area contributed by atoms with E-state index < -0.39 is 10.1 Å². The Morgan fingerprint density at radius 3 is 2.59 bits per heavy atom. The number of nitrogens with zero attached hydrogens (tertiary/aromatic N) is 1. The van der Waals surface area contributed by atoms with Gasteiger partial charge in [0.05, 0.1) is 12.9 Å². The Hall–Kier alpha value is -0.940. The monoisotopic (exact) mass is 253 g/mol. The molecule has 0 atom stereocenters. The predicted molar refractivity (Wildman–Crippen MR) is 63.0 cm³/mol. The summed E-state index contributed by atoms with van der Waals surface area (Å²) in [7, 11) is -3.31. The smallest absolute Gasteiger partial charge is 0.264 e. The summed E-state index contributed by atoms with van der Waals surface area (Å²) in [6.45, 7) is 0.334. The Kier molecular flexibility index (Phi) is 2.16. The molecule has 4 nitrogen and oxygen atoms in total. The van der Waals surface area contributed by atoms with Crippen molar-refractivity contribution in [2.45, 2.75) is 24.7 Å². The predicted octanol–water partition coefficient (Wildman–Crippen LogP) is 1.48. The maximum atomic E-state index is 11.0. The zero-order valence-electron chi connectivity index (χ0n) is 9.72. The average molecular weight is 253 g/mol. The highest BCUT2D eigenvalue weighted by Crippen LogP contribution is 2.73. The first-order chi connectivity index (χ1) is 7.93. The van der Waals surface area contributed by atoms with Crippen LogP contribution in [0, 0.1) is 5.41 Å². The highest BCUT2D eigenvalue weighted by Gasteiger charge is 2.69. The van der Waals surface area contributed by atoms with E-state index in [-0.39, 0.29) is 10.8 Å². The molecule has 0 saturated heterocycles. The molecule has 3 saturated carbocycles. The minimum atomic E-state index is -3.31. The Balaban J connectivity index is 1.64. The summed E-state index contributed by atoms with van der Waals surface area (Å²) in [6, 6.07) is 5.97. The van der Waals surface area contributed by atoms with Crippen molar-refractivity contribution in [1.29, 1.82) is 0 Å². The van der Waals surface area contributed by atoms with Crippen LogP contribution in [0.2, 0.25) is 0 Å². The number of aromatic nitrogens is 1. The molecule has 0 amide bonds. The normalized spacial score (nSPS) is 34.9. The van der Waals surface area contributed by atoms with Gasteiger partial charge < -0.3 is 0 Å². The molecule has 4 rings (SSSR count). The Labute approximate surface area is 101 Å². The van der Waals surface area contributed by atoms with Crippen molar-refractivity contribution in [3.8, 4) is 0 Å². The quantitative estimate of drug-likeness (QED) is 0.763. The molecule has 3 aliphatic carbocycles. The SMILES string of the molecule is CS(=O)(=O)OCC12CC(c3ccccn3)(C1)C2. The van der Waals surface area contributed by atoms with Gasteiger partial charge in [-0.2, -0.15) is 8.42 Å². The molecule has 0 N–H and O–H groups in total. The topological polar surface area (TPSA) is 56.3 Å². The number of pyridine rings is 1. The summed E-state index contributed by atoms with van der Waals surface area (Å²) in [5.74, 6) is 0. The van der Waals surface area contributed by atoms with Crippen LogP contribution in [0.25, 0.3) is 0 Å². The molecule has 92 valence electrons. The fourth-order valence-electron chi connectivity index (χ4n) is 3.33. The van der Waals surface area contributed by atoms with Gasteiger partial charge in [-0.15, -0.1) is 0 Å². The summed E-state index contributed by atoms with van der Waals surface area (Å²) in [5.41, 5.74) is 1.45. The number of hydrogen-bond acceptors (Lipinski definition) is 4. The molecule has 1 aromatic heterocycles. The summed E-state index contributed by atoms with van der Waals surface area (Å²) in [5, 5.41) is 0. The minimum absolute atomic E-state index is 0.0978. The highest BCUT2D eigenvalue weighted by atomic mass is 32.2. The molecule has 0 unspecified atom stereocenters. The van der Waals surface area contributed by atoms with Crippen molar-refractivity contribution in [2.24, 2.45) is 5.41 Å². The van der Waals surface area contributed by atoms with Crippen LogP contribution in [0.15, 0.2) is 24.4 Å². The maximum Gasteiger partial charge on any atom is 0.264 e. The van der Waals surface area contributed by atoms with E-state index in [9.17, 15) is 8.42 Å². The summed E-state index contributed by atoms with van der Waals surface area (Å²) >= 11 is 0. The molecular formula is C12H15NO3S. The van der Waals surface area contributed by atoms with Gasteiger partial charge in [-0.05, 0) is 36.8 Å². The first-order valence-corrected chi connectivity index (χ1v) is 7.51. The highest BCUT2D eigenvalue weighted by molar-refractivity contribution is 7.85. The number of hydrogen-bond donors (Lipinski definition) is 0. The van der Waals surface area contributed by atoms with Crippen molar-refractivity contribution in [3.05, 3.63) is 30.1 Å². The first kappa shape index (κ1) is 11.2. The standard InChI is InChI=1S/C12H15NO3S/c1-17(14,15)16-9-11-6-12(7-11,8-11)10-4-2-3-5-13-10/h2-5H,6-9H2,1H3. The molecule has 5 heteroatoms. The average Bonchev–Trinajstić information content (AvgIpc) is 2.13. The second-order valence-electron chi connectivity index (χ2n) is 5.49. The molecule has 3 aliphatic rings. The van der Waals surface area contributed by atoms with E-state index >= 15 is 0 Å². The lowest BCUT2D eigenvalue weighted by atomic mass is 9.34. The minimum Gasteiger partial charge on any atom is -0.270 e. The second-order valence-corrected chi connectivity index (χ2v) is 7.14. The molecule has 0 aliphatic heterocycles. The van der Waals surface area contributed by atoms with E-state index in [4.69, 9.17) is 4.18 Å². The fourth-order valence-corrected chi connectivity index (χ4v) is 3.80. The van der Waals surface area contributed by atoms with Gasteiger partial charge in [-0.25, -0.2) is 0 Å². The van der Waals surface area contributed by atoms with E-state index in [1.54, 1.807) is 0 Å². The van der Waals surface area contributed by atoms with Gasteiger partial charge in [-0.3, -0.25) is 9.17 Å². The van der Waals surface area contributed by atoms with Gasteiger partial charge in [0, 0.05) is 17.3 Å². The van der Waals surface area contributed by atoms with Gasteiger partial charge in [0.1, 0.15) is 0 Å². The van der Waals surface area contributed by atoms with Crippen LogP contribution >= 0.6 is 0 Å². The molecule has 1 heterocycles. The van der Waals surface area contributed by atoms with E-state index in [1.165, 1.54) is 0 Å². The molecule has 17 heavy (non-hydrogen) atoms. The largest absolute Gasteiger partial charge is 0.270 e. The van der Waals surface area contributed by atoms with Crippen LogP contribution in [0.5, 0.6) is 0 Å². The third-order valence-corrected chi connectivity index (χ3v) is 4.47. The van der Waals surface area contributed by atoms with Gasteiger partial charge in [-0.1, -0.05) is 6.07 Å². The molecule has 2 bridgehead atoms. The van der Waals surface area contributed by atoms with E-state index in [1.807, 2.05) is 18.3 Å². The van der Waals surface area contributed by atoms with E-state index in [0.29, 0.717) is 6.61 Å². The van der Waals surface area contributed by atoms with Gasteiger partial charge in [0.15, 0.2) is 0 Å². The van der Waals surface area contributed by atoms with Crippen molar-refractivity contribution in [2.75, 3.05) is 12.9 Å². The lowest BCUT2D eigenvalue weighted by Crippen LogP contribution is -2.66. The van der Waals surface area contributed by atoms with Crippen LogP contribution in [-0.4, -0.2) is 26.3 Å². The molecule has 0 aromatic carbocycles. The van der Waals surface area contributed by atoms with Crippen molar-refractivity contribution in [3.63, 3.8) is 0 Å². The van der Waals surface area contributed by atoms with Crippen molar-refractivity contribution in [1.82, 2.24) is 4.98 Å². The molecule has 0 spiro atoms. The lowest BCUT2D eigenvalue weighted by Gasteiger charge is -2.70. The third kappa shape index (κ3) is 1.77. The Morgan fingerprint density at radius 1 is 1.35 bits per heavy atom. The third-order valence-electron chi connectivity index (χ3n) is 3.93. The van der Waals surface area contributed by atoms with Gasteiger partial charge >= 0.3 is 0 Å². The van der Waals surface area contributed by atoms with Gasteiger partial charge in [0.25, 0.3) is 10.1 Å². The fraction of sp³-hybridized carbons (Fsp3) is 0.583. The molecular weight excluding hydrogens is 238 g/mol. The Bertz CT molecular complexity index is 518. The van der Waals surface area contributed by atoms with Crippen LogP contribution < -0.4 is 0 Å². The van der Waals surface area contributed by atoms with Gasteiger partial charge in [0.2, 0.25) is 0 Å². The lowest BCUT2D eigenvalue weighted by molar-refractivity contribution is -0.163. The maximum absolute atomic E-state index is 11.0. The zero-order chi connectivity index (χ0) is 12.1. The van der Waals surface area contributed by atoms with E-state index in [2.05, 4.69) is 11.1 Å². The summed E-state index contributed by atoms with van der Waals surface area (Å²) in [4.78, 5) is 4.39. The zero-order valence-corrected chi connectivity index (χ0v) is 10.5. The van der Waals surface area contributed by atoms with Crippen LogP contribution in [0.4, 0.5) is 0 Å². The first-order valence-electron chi connectivity index (χ1n) is 5.69. The van der Waals surface area contributed by atoms with Crippen LogP contribution in [-0.2, 0) is 19.7 Å². The molecule has 3 fully saturated rings. The van der Waals surface area contributed by atoms with Crippen LogP contribution in [0.1, 0.15) is 25.0 Å². The summed E-state index contributed by atoms with van der Waals surface area (Å²) < 4.78 is 26.8. The Morgan fingerprint density at radius 2 is 2.06 bits per heavy atom. The van der Waals surface area contributed by atoms with Crippen LogP contribution in [0.3, 0.4) is 0 Å².